The molecule has 1 aromatic rings. The molecule has 0 aromatic carbocycles. The van der Waals surface area contributed by atoms with Gasteiger partial charge in [-0.3, -0.25) is 9.69 Å². The summed E-state index contributed by atoms with van der Waals surface area (Å²) in [6.07, 6.45) is 2.58. The molecule has 5 heteroatoms. The number of aryl methyl sites for hydroxylation is 1. The fourth-order valence-electron chi connectivity index (χ4n) is 1.13. The summed E-state index contributed by atoms with van der Waals surface area (Å²) < 4.78 is 0. The lowest BCUT2D eigenvalue weighted by Gasteiger charge is -2.18. The zero-order valence-electron chi connectivity index (χ0n) is 10.2. The molecule has 0 saturated heterocycles. The largest absolute Gasteiger partial charge is 0.308 e. The lowest BCUT2D eigenvalue weighted by atomic mass is 10.2. The van der Waals surface area contributed by atoms with Crippen LogP contribution in [0.3, 0.4) is 0 Å². The van der Waals surface area contributed by atoms with E-state index in [1.807, 2.05) is 38.9 Å². The molecule has 0 radical (unpaired) electrons. The molecule has 1 rings (SSSR count). The van der Waals surface area contributed by atoms with Gasteiger partial charge < -0.3 is 5.32 Å². The third kappa shape index (κ3) is 3.27. The predicted octanol–water partition coefficient (Wildman–Crippen LogP) is 0.928. The van der Waals surface area contributed by atoms with E-state index in [0.29, 0.717) is 5.82 Å². The molecule has 0 saturated carbocycles. The van der Waals surface area contributed by atoms with Gasteiger partial charge in [0.1, 0.15) is 0 Å². The molecule has 1 atom stereocenters. The van der Waals surface area contributed by atoms with Crippen molar-refractivity contribution in [1.82, 2.24) is 15.1 Å². The van der Waals surface area contributed by atoms with Crippen LogP contribution in [0.2, 0.25) is 0 Å². The number of carbonyl (C=O) groups is 1. The van der Waals surface area contributed by atoms with Gasteiger partial charge in [-0.15, -0.1) is 5.10 Å². The molecule has 5 nitrogen and oxygen atoms in total. The van der Waals surface area contributed by atoms with Gasteiger partial charge >= 0.3 is 0 Å². The van der Waals surface area contributed by atoms with Crippen LogP contribution in [0.15, 0.2) is 12.3 Å². The molecule has 1 N–H and O–H groups in total. The Bertz CT molecular complexity index is 365. The first-order chi connectivity index (χ1) is 7.54. The van der Waals surface area contributed by atoms with E-state index in [2.05, 4.69) is 15.5 Å². The van der Waals surface area contributed by atoms with E-state index in [1.165, 1.54) is 0 Å². The zero-order chi connectivity index (χ0) is 12.1. The number of hydrogen-bond acceptors (Lipinski definition) is 4. The third-order valence-corrected chi connectivity index (χ3v) is 2.52. The molecule has 0 aliphatic heterocycles. The van der Waals surface area contributed by atoms with Gasteiger partial charge in [0.15, 0.2) is 5.82 Å². The molecule has 1 aromatic heterocycles. The van der Waals surface area contributed by atoms with Crippen LogP contribution >= 0.6 is 0 Å². The van der Waals surface area contributed by atoms with Crippen LogP contribution in [0, 0.1) is 0 Å². The van der Waals surface area contributed by atoms with Crippen molar-refractivity contribution < 1.29 is 4.79 Å². The molecule has 1 amide bonds. The number of carbonyl (C=O) groups excluding carboxylic acids is 1. The van der Waals surface area contributed by atoms with E-state index < -0.39 is 0 Å². The van der Waals surface area contributed by atoms with Crippen molar-refractivity contribution >= 4 is 11.7 Å². The topological polar surface area (TPSA) is 58.1 Å². The van der Waals surface area contributed by atoms with Gasteiger partial charge in [-0.1, -0.05) is 6.92 Å². The van der Waals surface area contributed by atoms with E-state index in [-0.39, 0.29) is 11.9 Å². The highest BCUT2D eigenvalue weighted by molar-refractivity contribution is 5.93. The van der Waals surface area contributed by atoms with Crippen molar-refractivity contribution in [3.8, 4) is 0 Å². The molecule has 0 bridgehead atoms. The molecular weight excluding hydrogens is 204 g/mol. The second-order valence-corrected chi connectivity index (χ2v) is 3.93. The minimum atomic E-state index is -0.188. The average Bonchev–Trinajstić information content (AvgIpc) is 2.28. The summed E-state index contributed by atoms with van der Waals surface area (Å²) in [7, 11) is 3.72. The van der Waals surface area contributed by atoms with Crippen molar-refractivity contribution in [3.05, 3.63) is 17.8 Å². The van der Waals surface area contributed by atoms with E-state index in [0.717, 1.165) is 12.0 Å². The normalized spacial score (nSPS) is 12.6. The van der Waals surface area contributed by atoms with E-state index >= 15 is 0 Å². The fraction of sp³-hybridized carbons (Fsp3) is 0.545. The molecule has 0 aliphatic rings. The molecule has 0 fully saturated rings. The summed E-state index contributed by atoms with van der Waals surface area (Å²) in [6.45, 7) is 3.87. The van der Waals surface area contributed by atoms with Crippen molar-refractivity contribution in [2.24, 2.45) is 0 Å². The summed E-state index contributed by atoms with van der Waals surface area (Å²) >= 11 is 0. The molecule has 88 valence electrons. The number of hydrogen-bond donors (Lipinski definition) is 1. The molecule has 0 spiro atoms. The quantitative estimate of drug-likeness (QED) is 0.823. The zero-order valence-corrected chi connectivity index (χ0v) is 10.2. The fourth-order valence-corrected chi connectivity index (χ4v) is 1.13. The maximum absolute atomic E-state index is 11.7. The maximum Gasteiger partial charge on any atom is 0.242 e. The number of rotatable bonds is 4. The second-order valence-electron chi connectivity index (χ2n) is 3.93. The SMILES string of the molecule is CCc1cnnc(NC(=O)C(C)N(C)C)c1. The smallest absolute Gasteiger partial charge is 0.242 e. The highest BCUT2D eigenvalue weighted by Gasteiger charge is 2.15. The Morgan fingerprint density at radius 2 is 2.25 bits per heavy atom. The van der Waals surface area contributed by atoms with Crippen molar-refractivity contribution in [2.75, 3.05) is 19.4 Å². The summed E-state index contributed by atoms with van der Waals surface area (Å²) in [5.41, 5.74) is 1.06. The summed E-state index contributed by atoms with van der Waals surface area (Å²) in [6, 6.07) is 1.65. The molecular formula is C11H18N4O. The van der Waals surface area contributed by atoms with Crippen molar-refractivity contribution in [3.63, 3.8) is 0 Å². The first kappa shape index (κ1) is 12.6. The van der Waals surface area contributed by atoms with Gasteiger partial charge in [0, 0.05) is 0 Å². The Balaban J connectivity index is 2.69. The summed E-state index contributed by atoms with van der Waals surface area (Å²) in [5.74, 6) is 0.436. The van der Waals surface area contributed by atoms with Crippen molar-refractivity contribution in [2.45, 2.75) is 26.3 Å². The maximum atomic E-state index is 11.7. The van der Waals surface area contributed by atoms with Crippen LogP contribution < -0.4 is 5.32 Å². The van der Waals surface area contributed by atoms with Gasteiger partial charge in [0.25, 0.3) is 0 Å². The first-order valence-corrected chi connectivity index (χ1v) is 5.33. The van der Waals surface area contributed by atoms with Gasteiger partial charge in [-0.05, 0) is 39.1 Å². The average molecular weight is 222 g/mol. The Morgan fingerprint density at radius 1 is 1.56 bits per heavy atom. The monoisotopic (exact) mass is 222 g/mol. The lowest BCUT2D eigenvalue weighted by molar-refractivity contribution is -0.119. The molecule has 1 heterocycles. The number of nitrogens with one attached hydrogen (secondary N) is 1. The first-order valence-electron chi connectivity index (χ1n) is 5.33. The highest BCUT2D eigenvalue weighted by atomic mass is 16.2. The van der Waals surface area contributed by atoms with Crippen LogP contribution in [0.5, 0.6) is 0 Å². The van der Waals surface area contributed by atoms with Gasteiger partial charge in [-0.25, -0.2) is 0 Å². The minimum absolute atomic E-state index is 0.0763. The number of amides is 1. The summed E-state index contributed by atoms with van der Waals surface area (Å²) in [4.78, 5) is 13.6. The third-order valence-electron chi connectivity index (χ3n) is 2.52. The van der Waals surface area contributed by atoms with Gasteiger partial charge in [-0.2, -0.15) is 5.10 Å². The number of nitrogens with zero attached hydrogens (tertiary/aromatic N) is 3. The van der Waals surface area contributed by atoms with E-state index in [9.17, 15) is 4.79 Å². The van der Waals surface area contributed by atoms with Crippen LogP contribution in [0.4, 0.5) is 5.82 Å². The van der Waals surface area contributed by atoms with Crippen LogP contribution in [0.1, 0.15) is 19.4 Å². The van der Waals surface area contributed by atoms with Crippen LogP contribution in [-0.2, 0) is 11.2 Å². The van der Waals surface area contributed by atoms with Crippen molar-refractivity contribution in [1.29, 1.82) is 0 Å². The standard InChI is InChI=1S/C11H18N4O/c1-5-9-6-10(14-12-7-9)13-11(16)8(2)15(3)4/h6-8H,5H2,1-4H3,(H,13,14,16). The number of likely N-dealkylation sites (N-methyl/N-ethyl adjacent to an activating group) is 1. The Morgan fingerprint density at radius 3 is 2.81 bits per heavy atom. The minimum Gasteiger partial charge on any atom is -0.308 e. The highest BCUT2D eigenvalue weighted by Crippen LogP contribution is 2.06. The van der Waals surface area contributed by atoms with E-state index in [1.54, 1.807) is 6.20 Å². The molecule has 0 aliphatic carbocycles. The van der Waals surface area contributed by atoms with Crippen LogP contribution in [-0.4, -0.2) is 41.1 Å². The Hall–Kier alpha value is -1.49. The Kier molecular flexibility index (Phi) is 4.37. The lowest BCUT2D eigenvalue weighted by Crippen LogP contribution is -2.37. The second kappa shape index (κ2) is 5.55. The van der Waals surface area contributed by atoms with E-state index in [4.69, 9.17) is 0 Å². The number of aromatic nitrogens is 2. The predicted molar refractivity (Wildman–Crippen MR) is 63.2 cm³/mol. The number of anilines is 1. The molecule has 1 unspecified atom stereocenters. The van der Waals surface area contributed by atoms with Crippen LogP contribution in [0.25, 0.3) is 0 Å². The van der Waals surface area contributed by atoms with Gasteiger partial charge in [0.05, 0.1) is 12.2 Å². The Labute approximate surface area is 95.9 Å². The van der Waals surface area contributed by atoms with Gasteiger partial charge in [0.2, 0.25) is 5.91 Å². The molecule has 16 heavy (non-hydrogen) atoms. The summed E-state index contributed by atoms with van der Waals surface area (Å²) in [5, 5.41) is 10.4.